The Labute approximate surface area is 139 Å². The average molecular weight is 315 g/mol. The lowest BCUT2D eigenvalue weighted by Crippen LogP contribution is -2.12. The highest BCUT2D eigenvalue weighted by Gasteiger charge is 2.08. The van der Waals surface area contributed by atoms with Crippen LogP contribution < -0.4 is 10.1 Å². The van der Waals surface area contributed by atoms with Crippen LogP contribution in [-0.4, -0.2) is 15.9 Å². The van der Waals surface area contributed by atoms with Gasteiger partial charge in [-0.15, -0.1) is 6.42 Å². The molecule has 0 aliphatic rings. The lowest BCUT2D eigenvalue weighted by molar-refractivity contribution is 0.102. The molecule has 5 heteroatoms. The van der Waals surface area contributed by atoms with E-state index in [1.54, 1.807) is 67.3 Å². The molecule has 24 heavy (non-hydrogen) atoms. The molecule has 2 heterocycles. The molecule has 0 fully saturated rings. The molecule has 0 aliphatic heterocycles. The van der Waals surface area contributed by atoms with E-state index in [1.807, 2.05) is 0 Å². The van der Waals surface area contributed by atoms with Gasteiger partial charge in [-0.3, -0.25) is 14.8 Å². The van der Waals surface area contributed by atoms with Crippen molar-refractivity contribution in [3.05, 3.63) is 78.4 Å². The maximum atomic E-state index is 12.3. The number of hydrogen-bond acceptors (Lipinski definition) is 4. The summed E-state index contributed by atoms with van der Waals surface area (Å²) in [5.74, 6) is 3.32. The second-order valence-electron chi connectivity index (χ2n) is 4.88. The predicted octanol–water partition coefficient (Wildman–Crippen LogP) is 3.50. The number of aromatic nitrogens is 2. The Morgan fingerprint density at radius 1 is 1.04 bits per heavy atom. The van der Waals surface area contributed by atoms with E-state index < -0.39 is 0 Å². The summed E-state index contributed by atoms with van der Waals surface area (Å²) in [7, 11) is 0. The maximum Gasteiger partial charge on any atom is 0.255 e. The number of rotatable bonds is 4. The lowest BCUT2D eigenvalue weighted by Gasteiger charge is -2.08. The van der Waals surface area contributed by atoms with Gasteiger partial charge in [0.1, 0.15) is 11.5 Å². The van der Waals surface area contributed by atoms with E-state index in [9.17, 15) is 4.79 Å². The number of benzene rings is 1. The predicted molar refractivity (Wildman–Crippen MR) is 90.9 cm³/mol. The molecule has 0 spiro atoms. The first kappa shape index (κ1) is 15.3. The minimum Gasteiger partial charge on any atom is -0.454 e. The third-order valence-corrected chi connectivity index (χ3v) is 3.13. The number of amides is 1. The highest BCUT2D eigenvalue weighted by atomic mass is 16.5. The summed E-state index contributed by atoms with van der Waals surface area (Å²) in [5, 5.41) is 2.77. The van der Waals surface area contributed by atoms with Gasteiger partial charge >= 0.3 is 0 Å². The summed E-state index contributed by atoms with van der Waals surface area (Å²) in [5.41, 5.74) is 1.64. The van der Waals surface area contributed by atoms with Crippen molar-refractivity contribution in [1.29, 1.82) is 0 Å². The van der Waals surface area contributed by atoms with E-state index >= 15 is 0 Å². The van der Waals surface area contributed by atoms with Crippen LogP contribution in [0.4, 0.5) is 5.69 Å². The van der Waals surface area contributed by atoms with Gasteiger partial charge in [-0.2, -0.15) is 0 Å². The summed E-state index contributed by atoms with van der Waals surface area (Å²) < 4.78 is 5.64. The van der Waals surface area contributed by atoms with Crippen molar-refractivity contribution >= 4 is 11.6 Å². The van der Waals surface area contributed by atoms with Crippen LogP contribution >= 0.6 is 0 Å². The molecule has 0 saturated heterocycles. The topological polar surface area (TPSA) is 64.1 Å². The van der Waals surface area contributed by atoms with Crippen LogP contribution in [0.5, 0.6) is 11.5 Å². The zero-order chi connectivity index (χ0) is 16.8. The molecule has 0 unspecified atom stereocenters. The van der Waals surface area contributed by atoms with Crippen LogP contribution in [-0.2, 0) is 0 Å². The van der Waals surface area contributed by atoms with Crippen molar-refractivity contribution in [2.24, 2.45) is 0 Å². The molecule has 0 aliphatic carbocycles. The molecule has 116 valence electrons. The van der Waals surface area contributed by atoms with Gasteiger partial charge in [-0.1, -0.05) is 12.0 Å². The van der Waals surface area contributed by atoms with Crippen LogP contribution in [0.15, 0.2) is 67.3 Å². The fourth-order valence-electron chi connectivity index (χ4n) is 2.04. The van der Waals surface area contributed by atoms with E-state index in [-0.39, 0.29) is 5.91 Å². The third-order valence-electron chi connectivity index (χ3n) is 3.13. The number of terminal acetylenes is 1. The zero-order valence-corrected chi connectivity index (χ0v) is 12.6. The first-order valence-corrected chi connectivity index (χ1v) is 7.15. The van der Waals surface area contributed by atoms with Gasteiger partial charge in [-0.05, 0) is 30.3 Å². The number of hydrogen-bond donors (Lipinski definition) is 1. The molecule has 3 aromatic rings. The Morgan fingerprint density at radius 2 is 1.92 bits per heavy atom. The Morgan fingerprint density at radius 3 is 2.71 bits per heavy atom. The molecule has 2 aromatic heterocycles. The van der Waals surface area contributed by atoms with E-state index in [2.05, 4.69) is 21.2 Å². The van der Waals surface area contributed by atoms with Gasteiger partial charge in [0.25, 0.3) is 5.91 Å². The van der Waals surface area contributed by atoms with Gasteiger partial charge in [0.2, 0.25) is 0 Å². The van der Waals surface area contributed by atoms with Crippen molar-refractivity contribution in [3.63, 3.8) is 0 Å². The number of anilines is 1. The summed E-state index contributed by atoms with van der Waals surface area (Å²) in [6, 6.07) is 12.1. The zero-order valence-electron chi connectivity index (χ0n) is 12.6. The Balaban J connectivity index is 1.74. The van der Waals surface area contributed by atoms with Crippen molar-refractivity contribution in [1.82, 2.24) is 9.97 Å². The number of ether oxygens (including phenoxy) is 1. The summed E-state index contributed by atoms with van der Waals surface area (Å²) in [4.78, 5) is 20.3. The maximum absolute atomic E-state index is 12.3. The number of carbonyl (C=O) groups is 1. The van der Waals surface area contributed by atoms with Crippen LogP contribution in [0.2, 0.25) is 0 Å². The number of nitrogens with zero attached hydrogens (tertiary/aromatic N) is 2. The van der Waals surface area contributed by atoms with Crippen molar-refractivity contribution < 1.29 is 9.53 Å². The Kier molecular flexibility index (Phi) is 4.50. The monoisotopic (exact) mass is 315 g/mol. The van der Waals surface area contributed by atoms with E-state index in [0.717, 1.165) is 0 Å². The SMILES string of the molecule is C#Cc1cccc(C(=O)Nc2cncc(Oc3cccnc3)c2)c1. The Hall–Kier alpha value is -3.65. The third kappa shape index (κ3) is 3.76. The molecule has 1 aromatic carbocycles. The minimum atomic E-state index is -0.271. The van der Waals surface area contributed by atoms with Gasteiger partial charge in [-0.25, -0.2) is 0 Å². The first-order valence-electron chi connectivity index (χ1n) is 7.15. The summed E-state index contributed by atoms with van der Waals surface area (Å²) in [6.07, 6.45) is 11.7. The molecule has 0 saturated carbocycles. The van der Waals surface area contributed by atoms with Crippen molar-refractivity contribution in [3.8, 4) is 23.8 Å². The molecular formula is C19H13N3O2. The molecule has 0 atom stereocenters. The number of nitrogens with one attached hydrogen (secondary N) is 1. The van der Waals surface area contributed by atoms with Crippen molar-refractivity contribution in [2.45, 2.75) is 0 Å². The molecule has 3 rings (SSSR count). The largest absolute Gasteiger partial charge is 0.454 e. The van der Waals surface area contributed by atoms with E-state index in [1.165, 1.54) is 0 Å². The van der Waals surface area contributed by atoms with Crippen molar-refractivity contribution in [2.75, 3.05) is 5.32 Å². The standard InChI is InChI=1S/C19H13N3O2/c1-2-14-5-3-6-15(9-14)19(23)22-16-10-18(13-21-11-16)24-17-7-4-8-20-12-17/h1,3-13H,(H,22,23). The van der Waals surface area contributed by atoms with Crippen LogP contribution in [0.25, 0.3) is 0 Å². The van der Waals surface area contributed by atoms with Gasteiger partial charge in [0.05, 0.1) is 24.3 Å². The fraction of sp³-hybridized carbons (Fsp3) is 0. The van der Waals surface area contributed by atoms with Crippen LogP contribution in [0.1, 0.15) is 15.9 Å². The Bertz CT molecular complexity index is 902. The van der Waals surface area contributed by atoms with Crippen LogP contribution in [0.3, 0.4) is 0 Å². The van der Waals surface area contributed by atoms with E-state index in [0.29, 0.717) is 28.3 Å². The van der Waals surface area contributed by atoms with Crippen LogP contribution in [0, 0.1) is 12.3 Å². The minimum absolute atomic E-state index is 0.271. The number of carbonyl (C=O) groups excluding carboxylic acids is 1. The summed E-state index contributed by atoms with van der Waals surface area (Å²) in [6.45, 7) is 0. The molecule has 0 bridgehead atoms. The lowest BCUT2D eigenvalue weighted by atomic mass is 10.1. The average Bonchev–Trinajstić information content (AvgIpc) is 2.63. The second-order valence-corrected chi connectivity index (χ2v) is 4.88. The summed E-state index contributed by atoms with van der Waals surface area (Å²) >= 11 is 0. The van der Waals surface area contributed by atoms with Gasteiger partial charge in [0.15, 0.2) is 0 Å². The molecule has 5 nitrogen and oxygen atoms in total. The van der Waals surface area contributed by atoms with Gasteiger partial charge in [0, 0.05) is 23.4 Å². The molecule has 1 amide bonds. The first-order chi connectivity index (χ1) is 11.7. The second kappa shape index (κ2) is 7.07. The van der Waals surface area contributed by atoms with E-state index in [4.69, 9.17) is 11.2 Å². The molecular weight excluding hydrogens is 302 g/mol. The van der Waals surface area contributed by atoms with Gasteiger partial charge < -0.3 is 10.1 Å². The molecule has 1 N–H and O–H groups in total. The molecule has 0 radical (unpaired) electrons. The quantitative estimate of drug-likeness (QED) is 0.748. The smallest absolute Gasteiger partial charge is 0.255 e. The number of pyridine rings is 2. The normalized spacial score (nSPS) is 9.79. The highest BCUT2D eigenvalue weighted by Crippen LogP contribution is 2.22. The fourth-order valence-corrected chi connectivity index (χ4v) is 2.04. The highest BCUT2D eigenvalue weighted by molar-refractivity contribution is 6.04.